The van der Waals surface area contributed by atoms with Crippen LogP contribution in [0, 0.1) is 5.92 Å². The number of carbonyl (C=O) groups is 1. The van der Waals surface area contributed by atoms with Crippen molar-refractivity contribution >= 4 is 17.7 Å². The quantitative estimate of drug-likeness (QED) is 0.525. The van der Waals surface area contributed by atoms with Crippen LogP contribution in [-0.4, -0.2) is 45.4 Å². The molecule has 0 aromatic heterocycles. The summed E-state index contributed by atoms with van der Waals surface area (Å²) in [5.41, 5.74) is 4.79. The van der Waals surface area contributed by atoms with Gasteiger partial charge in [0.2, 0.25) is 0 Å². The van der Waals surface area contributed by atoms with E-state index in [0.29, 0.717) is 5.75 Å². The van der Waals surface area contributed by atoms with Gasteiger partial charge in [-0.3, -0.25) is 0 Å². The van der Waals surface area contributed by atoms with Gasteiger partial charge in [-0.05, 0) is 61.5 Å². The highest BCUT2D eigenvalue weighted by Gasteiger charge is 2.42. The predicted octanol–water partition coefficient (Wildman–Crippen LogP) is 3.47. The Bertz CT molecular complexity index is 604. The molecule has 4 N–H and O–H groups in total. The number of hydrogen-bond donors (Lipinski definition) is 3. The molecular formula is C21H33NO4S. The highest BCUT2D eigenvalue weighted by Crippen LogP contribution is 2.28. The Morgan fingerprint density at radius 2 is 2.07 bits per heavy atom. The average Bonchev–Trinajstić information content (AvgIpc) is 2.64. The van der Waals surface area contributed by atoms with Gasteiger partial charge in [-0.25, -0.2) is 4.79 Å². The van der Waals surface area contributed by atoms with E-state index in [4.69, 9.17) is 10.5 Å². The van der Waals surface area contributed by atoms with Crippen LogP contribution in [-0.2, 0) is 11.2 Å². The van der Waals surface area contributed by atoms with Crippen molar-refractivity contribution in [2.75, 3.05) is 11.5 Å². The summed E-state index contributed by atoms with van der Waals surface area (Å²) in [5.74, 6) is 1.52. The predicted molar refractivity (Wildman–Crippen MR) is 110 cm³/mol. The summed E-state index contributed by atoms with van der Waals surface area (Å²) in [7, 11) is 0. The molecule has 1 aromatic carbocycles. The lowest BCUT2D eigenvalue weighted by atomic mass is 9.88. The monoisotopic (exact) mass is 395 g/mol. The second-order valence-electron chi connectivity index (χ2n) is 7.73. The third-order valence-corrected chi connectivity index (χ3v) is 6.56. The molecule has 0 heterocycles. The molecule has 1 saturated carbocycles. The van der Waals surface area contributed by atoms with Crippen molar-refractivity contribution in [3.8, 4) is 5.75 Å². The van der Waals surface area contributed by atoms with Crippen molar-refractivity contribution in [1.82, 2.24) is 0 Å². The summed E-state index contributed by atoms with van der Waals surface area (Å²) in [5, 5.41) is 20.4. The third-order valence-electron chi connectivity index (χ3n) is 5.27. The maximum absolute atomic E-state index is 11.8. The number of aliphatic carboxylic acids is 1. The number of thioether (sulfide) groups is 1. The van der Waals surface area contributed by atoms with Gasteiger partial charge < -0.3 is 20.7 Å². The number of hydrogen-bond acceptors (Lipinski definition) is 5. The van der Waals surface area contributed by atoms with E-state index in [1.165, 1.54) is 12.8 Å². The number of benzene rings is 1. The van der Waals surface area contributed by atoms with Crippen molar-refractivity contribution in [2.45, 2.75) is 70.1 Å². The summed E-state index contributed by atoms with van der Waals surface area (Å²) in [6.07, 6.45) is 5.61. The zero-order valence-corrected chi connectivity index (χ0v) is 17.2. The number of rotatable bonds is 10. The van der Waals surface area contributed by atoms with Crippen LogP contribution in [0.4, 0.5) is 0 Å². The van der Waals surface area contributed by atoms with E-state index in [1.54, 1.807) is 11.8 Å². The molecule has 2 atom stereocenters. The summed E-state index contributed by atoms with van der Waals surface area (Å²) in [6.45, 7) is 4.33. The Morgan fingerprint density at radius 3 is 2.70 bits per heavy atom. The fourth-order valence-corrected chi connectivity index (χ4v) is 4.42. The van der Waals surface area contributed by atoms with Crippen LogP contribution in [0.5, 0.6) is 5.75 Å². The van der Waals surface area contributed by atoms with Crippen molar-refractivity contribution in [1.29, 1.82) is 0 Å². The van der Waals surface area contributed by atoms with Crippen LogP contribution in [0.1, 0.15) is 51.5 Å². The van der Waals surface area contributed by atoms with Gasteiger partial charge in [0.1, 0.15) is 5.75 Å². The van der Waals surface area contributed by atoms with Crippen molar-refractivity contribution in [3.05, 3.63) is 29.8 Å². The first kappa shape index (κ1) is 22.1. The van der Waals surface area contributed by atoms with Gasteiger partial charge in [-0.2, -0.15) is 11.8 Å². The maximum Gasteiger partial charge on any atom is 0.337 e. The normalized spacial score (nSPS) is 23.4. The number of nitrogens with two attached hydrogens (primary N) is 1. The topological polar surface area (TPSA) is 92.8 Å². The molecule has 0 aliphatic heterocycles. The van der Waals surface area contributed by atoms with Crippen LogP contribution in [0.3, 0.4) is 0 Å². The Hall–Kier alpha value is -1.24. The molecule has 0 bridgehead atoms. The molecule has 5 nitrogen and oxygen atoms in total. The lowest BCUT2D eigenvalue weighted by molar-refractivity contribution is -0.160. The van der Waals surface area contributed by atoms with Gasteiger partial charge in [0.15, 0.2) is 5.60 Å². The molecule has 1 aromatic rings. The number of aliphatic hydroxyl groups is 1. The van der Waals surface area contributed by atoms with Crippen molar-refractivity contribution in [2.24, 2.45) is 11.7 Å². The van der Waals surface area contributed by atoms with E-state index in [1.807, 2.05) is 24.3 Å². The molecular weight excluding hydrogens is 362 g/mol. The molecule has 0 amide bonds. The van der Waals surface area contributed by atoms with Crippen LogP contribution < -0.4 is 10.5 Å². The van der Waals surface area contributed by atoms with E-state index in [2.05, 4.69) is 13.8 Å². The zero-order chi connectivity index (χ0) is 19.9. The van der Waals surface area contributed by atoms with Crippen LogP contribution in [0.15, 0.2) is 24.3 Å². The van der Waals surface area contributed by atoms with E-state index in [9.17, 15) is 15.0 Å². The number of ether oxygens (including phenoxy) is 1. The number of carboxylic acids is 1. The smallest absolute Gasteiger partial charge is 0.337 e. The largest absolute Gasteiger partial charge is 0.490 e. The van der Waals surface area contributed by atoms with E-state index < -0.39 is 17.6 Å². The molecule has 0 spiro atoms. The molecule has 1 aliphatic rings. The fourth-order valence-electron chi connectivity index (χ4n) is 3.44. The minimum atomic E-state index is -1.99. The lowest BCUT2D eigenvalue weighted by Crippen LogP contribution is -2.56. The van der Waals surface area contributed by atoms with Crippen molar-refractivity contribution in [3.63, 3.8) is 0 Å². The number of carboxylic acid groups (broad SMARTS) is 1. The first-order valence-electron chi connectivity index (χ1n) is 9.89. The van der Waals surface area contributed by atoms with Gasteiger partial charge in [0.05, 0.1) is 12.1 Å². The minimum Gasteiger partial charge on any atom is -0.490 e. The minimum absolute atomic E-state index is 0.0327. The SMILES string of the molecule is CCCSC[C@H](N)[C@](O)(Cc1cccc(OC2CCC(C)CC2)c1)C(=O)O. The van der Waals surface area contributed by atoms with E-state index in [0.717, 1.165) is 42.2 Å². The standard InChI is InChI=1S/C21H33NO4S/c1-3-11-27-14-19(22)21(25,20(23)24)13-16-5-4-6-18(12-16)26-17-9-7-15(2)8-10-17/h4-6,12,15,17,19,25H,3,7-11,13-14,22H2,1-2H3,(H,23,24)/t15?,17?,19-,21+/m0/s1. The van der Waals surface area contributed by atoms with Gasteiger partial charge in [-0.15, -0.1) is 0 Å². The van der Waals surface area contributed by atoms with E-state index in [-0.39, 0.29) is 12.5 Å². The first-order valence-corrected chi connectivity index (χ1v) is 11.0. The molecule has 152 valence electrons. The second kappa shape index (κ2) is 10.3. The Kier molecular flexibility index (Phi) is 8.45. The summed E-state index contributed by atoms with van der Waals surface area (Å²) < 4.78 is 6.09. The molecule has 1 aliphatic carbocycles. The molecule has 27 heavy (non-hydrogen) atoms. The molecule has 1 fully saturated rings. The second-order valence-corrected chi connectivity index (χ2v) is 8.88. The first-order chi connectivity index (χ1) is 12.8. The summed E-state index contributed by atoms with van der Waals surface area (Å²) in [6, 6.07) is 6.54. The van der Waals surface area contributed by atoms with Crippen molar-refractivity contribution < 1.29 is 19.7 Å². The summed E-state index contributed by atoms with van der Waals surface area (Å²) in [4.78, 5) is 11.8. The average molecular weight is 396 g/mol. The Morgan fingerprint density at radius 1 is 1.37 bits per heavy atom. The highest BCUT2D eigenvalue weighted by molar-refractivity contribution is 7.99. The Labute approximate surface area is 166 Å². The van der Waals surface area contributed by atoms with Gasteiger partial charge >= 0.3 is 5.97 Å². The van der Waals surface area contributed by atoms with Gasteiger partial charge in [-0.1, -0.05) is 26.0 Å². The molecule has 2 rings (SSSR count). The highest BCUT2D eigenvalue weighted by atomic mass is 32.2. The fraction of sp³-hybridized carbons (Fsp3) is 0.667. The Balaban J connectivity index is 2.04. The molecule has 0 unspecified atom stereocenters. The van der Waals surface area contributed by atoms with Crippen LogP contribution in [0.2, 0.25) is 0 Å². The van der Waals surface area contributed by atoms with Gasteiger partial charge in [0.25, 0.3) is 0 Å². The van der Waals surface area contributed by atoms with Gasteiger partial charge in [0, 0.05) is 12.2 Å². The lowest BCUT2D eigenvalue weighted by Gasteiger charge is -2.30. The molecule has 0 saturated heterocycles. The maximum atomic E-state index is 11.8. The zero-order valence-electron chi connectivity index (χ0n) is 16.4. The molecule has 0 radical (unpaired) electrons. The molecule has 6 heteroatoms. The summed E-state index contributed by atoms with van der Waals surface area (Å²) >= 11 is 1.57. The van der Waals surface area contributed by atoms with E-state index >= 15 is 0 Å². The third kappa shape index (κ3) is 6.40. The van der Waals surface area contributed by atoms with Crippen LogP contribution in [0.25, 0.3) is 0 Å². The van der Waals surface area contributed by atoms with Crippen LogP contribution >= 0.6 is 11.8 Å².